The Kier molecular flexibility index (Phi) is 4.98. The van der Waals surface area contributed by atoms with Gasteiger partial charge in [0.1, 0.15) is 23.0 Å². The lowest BCUT2D eigenvalue weighted by atomic mass is 10.2. The van der Waals surface area contributed by atoms with Crippen molar-refractivity contribution in [3.05, 3.63) is 47.5 Å². The molecule has 0 spiro atoms. The van der Waals surface area contributed by atoms with Crippen LogP contribution in [0, 0.1) is 13.8 Å². The van der Waals surface area contributed by atoms with E-state index >= 15 is 0 Å². The van der Waals surface area contributed by atoms with Gasteiger partial charge in [-0.3, -0.25) is 0 Å². The molecule has 0 atom stereocenters. The summed E-state index contributed by atoms with van der Waals surface area (Å²) < 4.78 is 21.6. The third-order valence-corrected chi connectivity index (χ3v) is 3.18. The fourth-order valence-corrected chi connectivity index (χ4v) is 2.05. The van der Waals surface area contributed by atoms with Crippen molar-refractivity contribution in [3.8, 4) is 23.0 Å². The summed E-state index contributed by atoms with van der Waals surface area (Å²) in [5, 5.41) is 0. The zero-order chi connectivity index (χ0) is 15.2. The van der Waals surface area contributed by atoms with Crippen molar-refractivity contribution < 1.29 is 18.8 Å². The highest BCUT2D eigenvalue weighted by Gasteiger charge is 2.05. The molecule has 0 fully saturated rings. The van der Waals surface area contributed by atoms with Crippen molar-refractivity contribution in [3.63, 3.8) is 0 Å². The number of aryl methyl sites for hydroxylation is 2. The van der Waals surface area contributed by atoms with E-state index in [1.165, 1.54) is 0 Å². The van der Waals surface area contributed by atoms with E-state index in [-0.39, 0.29) is 7.69 Å². The molecule has 0 N–H and O–H groups in total. The molecule has 110 valence electrons. The van der Waals surface area contributed by atoms with Gasteiger partial charge >= 0.3 is 7.69 Å². The third-order valence-electron chi connectivity index (χ3n) is 3.18. The predicted molar refractivity (Wildman–Crippen MR) is 83.9 cm³/mol. The first kappa shape index (κ1) is 15.1. The molecule has 21 heavy (non-hydrogen) atoms. The molecule has 0 aliphatic carbocycles. The molecule has 0 saturated heterocycles. The smallest absolute Gasteiger partial charge is 0.529 e. The Bertz CT molecular complexity index is 560. The van der Waals surface area contributed by atoms with Crippen molar-refractivity contribution in [2.24, 2.45) is 0 Å². The molecule has 0 bridgehead atoms. The van der Waals surface area contributed by atoms with Crippen LogP contribution < -0.4 is 18.8 Å². The van der Waals surface area contributed by atoms with Crippen LogP contribution in [-0.2, 0) is 0 Å². The number of benzene rings is 2. The molecule has 0 amide bonds. The van der Waals surface area contributed by atoms with Crippen LogP contribution in [0.2, 0.25) is 0 Å². The Morgan fingerprint density at radius 3 is 1.48 bits per heavy atom. The molecule has 0 heterocycles. The van der Waals surface area contributed by atoms with Crippen molar-refractivity contribution in [2.75, 3.05) is 14.2 Å². The number of methoxy groups -OCH3 is 2. The average molecular weight is 286 g/mol. The third kappa shape index (κ3) is 3.84. The summed E-state index contributed by atoms with van der Waals surface area (Å²) in [5.74, 6) is 3.18. The standard InChI is InChI=1S/C16H19BO4/c1-11-9-13(5-7-15(11)18-3)20-17-21-14-6-8-16(19-4)12(2)10-14/h5-10,17H,1-4H3. The summed E-state index contributed by atoms with van der Waals surface area (Å²) in [4.78, 5) is 0. The highest BCUT2D eigenvalue weighted by atomic mass is 16.6. The zero-order valence-electron chi connectivity index (χ0n) is 12.8. The monoisotopic (exact) mass is 286 g/mol. The van der Waals surface area contributed by atoms with E-state index in [4.69, 9.17) is 18.8 Å². The van der Waals surface area contributed by atoms with E-state index < -0.39 is 0 Å². The topological polar surface area (TPSA) is 36.9 Å². The Labute approximate surface area is 125 Å². The van der Waals surface area contributed by atoms with Crippen molar-refractivity contribution in [1.29, 1.82) is 0 Å². The summed E-state index contributed by atoms with van der Waals surface area (Å²) in [6.45, 7) is 3.94. The average Bonchev–Trinajstić information content (AvgIpc) is 2.48. The highest BCUT2D eigenvalue weighted by molar-refractivity contribution is 6.20. The lowest BCUT2D eigenvalue weighted by Crippen LogP contribution is -2.11. The van der Waals surface area contributed by atoms with Gasteiger partial charge in [0.2, 0.25) is 0 Å². The van der Waals surface area contributed by atoms with Crippen LogP contribution in [-0.4, -0.2) is 21.9 Å². The summed E-state index contributed by atoms with van der Waals surface area (Å²) in [6.07, 6.45) is 0. The van der Waals surface area contributed by atoms with E-state index in [0.717, 1.165) is 34.1 Å². The van der Waals surface area contributed by atoms with Crippen LogP contribution >= 0.6 is 0 Å². The lowest BCUT2D eigenvalue weighted by Gasteiger charge is -2.11. The number of hydrogen-bond donors (Lipinski definition) is 0. The molecule has 2 aromatic rings. The van der Waals surface area contributed by atoms with Crippen LogP contribution in [0.15, 0.2) is 36.4 Å². The minimum atomic E-state index is 0.150. The molecule has 0 radical (unpaired) electrons. The van der Waals surface area contributed by atoms with Gasteiger partial charge in [0, 0.05) is 0 Å². The quantitative estimate of drug-likeness (QED) is 0.765. The number of ether oxygens (including phenoxy) is 2. The molecular formula is C16H19BO4. The van der Waals surface area contributed by atoms with Gasteiger partial charge in [0.15, 0.2) is 0 Å². The van der Waals surface area contributed by atoms with Crippen LogP contribution in [0.4, 0.5) is 0 Å². The molecule has 0 aliphatic rings. The SMILES string of the molecule is COc1ccc(OBOc2ccc(OC)c(C)c2)cc1C. The molecule has 4 nitrogen and oxygen atoms in total. The first-order valence-corrected chi connectivity index (χ1v) is 6.69. The first-order valence-electron chi connectivity index (χ1n) is 6.69. The van der Waals surface area contributed by atoms with Crippen molar-refractivity contribution in [1.82, 2.24) is 0 Å². The highest BCUT2D eigenvalue weighted by Crippen LogP contribution is 2.24. The van der Waals surface area contributed by atoms with E-state index in [1.807, 2.05) is 50.2 Å². The number of rotatable bonds is 6. The van der Waals surface area contributed by atoms with Gasteiger partial charge in [-0.2, -0.15) is 0 Å². The van der Waals surface area contributed by atoms with Gasteiger partial charge in [-0.25, -0.2) is 0 Å². The fourth-order valence-electron chi connectivity index (χ4n) is 2.05. The summed E-state index contributed by atoms with van der Waals surface area (Å²) >= 11 is 0. The lowest BCUT2D eigenvalue weighted by molar-refractivity contribution is 0.408. The second kappa shape index (κ2) is 6.93. The minimum absolute atomic E-state index is 0.150. The first-order chi connectivity index (χ1) is 10.1. The molecule has 2 rings (SSSR count). The molecule has 5 heteroatoms. The Balaban J connectivity index is 1.92. The maximum atomic E-state index is 5.58. The van der Waals surface area contributed by atoms with E-state index in [2.05, 4.69) is 0 Å². The summed E-state index contributed by atoms with van der Waals surface area (Å²) in [7, 11) is 3.45. The van der Waals surface area contributed by atoms with Crippen LogP contribution in [0.3, 0.4) is 0 Å². The maximum absolute atomic E-state index is 5.58. The summed E-state index contributed by atoms with van der Waals surface area (Å²) in [5.41, 5.74) is 2.05. The number of hydrogen-bond acceptors (Lipinski definition) is 4. The van der Waals surface area contributed by atoms with Gasteiger partial charge in [-0.05, 0) is 61.4 Å². The van der Waals surface area contributed by atoms with E-state index in [9.17, 15) is 0 Å². The second-order valence-electron chi connectivity index (χ2n) is 4.67. The van der Waals surface area contributed by atoms with Gasteiger partial charge in [0.25, 0.3) is 0 Å². The Morgan fingerprint density at radius 1 is 0.714 bits per heavy atom. The van der Waals surface area contributed by atoms with Gasteiger partial charge in [-0.15, -0.1) is 0 Å². The largest absolute Gasteiger partial charge is 0.576 e. The molecule has 0 unspecified atom stereocenters. The summed E-state index contributed by atoms with van der Waals surface area (Å²) in [6, 6.07) is 11.3. The molecule has 0 aromatic heterocycles. The predicted octanol–water partition coefficient (Wildman–Crippen LogP) is 3.04. The Morgan fingerprint density at radius 2 is 1.14 bits per heavy atom. The van der Waals surface area contributed by atoms with Crippen LogP contribution in [0.1, 0.15) is 11.1 Å². The fraction of sp³-hybridized carbons (Fsp3) is 0.250. The molecular weight excluding hydrogens is 267 g/mol. The van der Waals surface area contributed by atoms with Crippen molar-refractivity contribution in [2.45, 2.75) is 13.8 Å². The van der Waals surface area contributed by atoms with Gasteiger partial charge < -0.3 is 18.8 Å². The van der Waals surface area contributed by atoms with E-state index in [1.54, 1.807) is 14.2 Å². The van der Waals surface area contributed by atoms with Crippen molar-refractivity contribution >= 4 is 7.69 Å². The second-order valence-corrected chi connectivity index (χ2v) is 4.67. The van der Waals surface area contributed by atoms with Gasteiger partial charge in [-0.1, -0.05) is 0 Å². The Hall–Kier alpha value is -2.30. The van der Waals surface area contributed by atoms with Crippen LogP contribution in [0.5, 0.6) is 23.0 Å². The molecule has 0 aliphatic heterocycles. The minimum Gasteiger partial charge on any atom is -0.529 e. The molecule has 0 saturated carbocycles. The van der Waals surface area contributed by atoms with Crippen LogP contribution in [0.25, 0.3) is 0 Å². The zero-order valence-corrected chi connectivity index (χ0v) is 12.8. The van der Waals surface area contributed by atoms with Gasteiger partial charge in [0.05, 0.1) is 14.2 Å². The normalized spacial score (nSPS) is 9.90. The maximum Gasteiger partial charge on any atom is 0.576 e. The molecule has 2 aromatic carbocycles. The van der Waals surface area contributed by atoms with E-state index in [0.29, 0.717) is 0 Å².